The summed E-state index contributed by atoms with van der Waals surface area (Å²) in [6.07, 6.45) is 5.23. The van der Waals surface area contributed by atoms with E-state index in [1.54, 1.807) is 6.20 Å². The Morgan fingerprint density at radius 2 is 2.18 bits per heavy atom. The maximum absolute atomic E-state index is 5.37. The average molecular weight is 228 g/mol. The molecule has 0 bridgehead atoms. The quantitative estimate of drug-likeness (QED) is 0.793. The van der Waals surface area contributed by atoms with Crippen molar-refractivity contribution in [1.29, 1.82) is 0 Å². The number of aromatic nitrogens is 2. The van der Waals surface area contributed by atoms with Gasteiger partial charge >= 0.3 is 0 Å². The molecule has 87 valence electrons. The highest BCUT2D eigenvalue weighted by Gasteiger charge is 2.20. The predicted molar refractivity (Wildman–Crippen MR) is 63.3 cm³/mol. The van der Waals surface area contributed by atoms with Crippen molar-refractivity contribution < 1.29 is 4.52 Å². The number of hydrogen-bond acceptors (Lipinski definition) is 3. The van der Waals surface area contributed by atoms with E-state index in [0.29, 0.717) is 0 Å². The van der Waals surface area contributed by atoms with E-state index in [1.165, 1.54) is 12.8 Å². The van der Waals surface area contributed by atoms with Crippen molar-refractivity contribution in [1.82, 2.24) is 15.5 Å². The molecule has 0 spiro atoms. The molecule has 1 aliphatic heterocycles. The zero-order chi connectivity index (χ0) is 11.5. The summed E-state index contributed by atoms with van der Waals surface area (Å²) in [5.41, 5.74) is 1.64. The zero-order valence-corrected chi connectivity index (χ0v) is 9.54. The van der Waals surface area contributed by atoms with Crippen molar-refractivity contribution in [2.75, 3.05) is 6.54 Å². The van der Waals surface area contributed by atoms with E-state index < -0.39 is 0 Å². The first kappa shape index (κ1) is 10.5. The van der Waals surface area contributed by atoms with Crippen LogP contribution in [0.1, 0.15) is 31.1 Å². The molecule has 1 radical (unpaired) electrons. The van der Waals surface area contributed by atoms with Crippen molar-refractivity contribution in [3.05, 3.63) is 36.2 Å². The lowest BCUT2D eigenvalue weighted by Gasteiger charge is -2.18. The smallest absolute Gasteiger partial charge is 0.155 e. The van der Waals surface area contributed by atoms with Gasteiger partial charge in [-0.3, -0.25) is 4.98 Å². The molecule has 17 heavy (non-hydrogen) atoms. The minimum Gasteiger partial charge on any atom is -0.359 e. The van der Waals surface area contributed by atoms with Crippen LogP contribution in [-0.4, -0.2) is 16.7 Å². The van der Waals surface area contributed by atoms with Crippen LogP contribution < -0.4 is 5.32 Å². The fourth-order valence-electron chi connectivity index (χ4n) is 2.10. The van der Waals surface area contributed by atoms with Gasteiger partial charge in [-0.2, -0.15) is 0 Å². The van der Waals surface area contributed by atoms with Gasteiger partial charge in [0.05, 0.1) is 11.7 Å². The second kappa shape index (κ2) is 4.67. The summed E-state index contributed by atoms with van der Waals surface area (Å²) in [6, 6.07) is 7.91. The SMILES string of the molecule is c1ccc(-c2cc(C3CCCC[N]3)on2)nc1. The second-order valence-corrected chi connectivity index (χ2v) is 4.25. The van der Waals surface area contributed by atoms with Gasteiger partial charge in [-0.05, 0) is 25.0 Å². The van der Waals surface area contributed by atoms with Crippen molar-refractivity contribution in [3.63, 3.8) is 0 Å². The van der Waals surface area contributed by atoms with Crippen LogP contribution in [0.2, 0.25) is 0 Å². The van der Waals surface area contributed by atoms with Gasteiger partial charge < -0.3 is 4.52 Å². The van der Waals surface area contributed by atoms with Crippen LogP contribution >= 0.6 is 0 Å². The monoisotopic (exact) mass is 228 g/mol. The Balaban J connectivity index is 1.83. The van der Waals surface area contributed by atoms with Gasteiger partial charge in [0.25, 0.3) is 0 Å². The molecule has 1 saturated heterocycles. The Bertz CT molecular complexity index is 474. The summed E-state index contributed by atoms with van der Waals surface area (Å²) in [4.78, 5) is 4.25. The van der Waals surface area contributed by atoms with E-state index >= 15 is 0 Å². The summed E-state index contributed by atoms with van der Waals surface area (Å²) >= 11 is 0. The zero-order valence-electron chi connectivity index (χ0n) is 9.54. The third-order valence-electron chi connectivity index (χ3n) is 3.02. The maximum Gasteiger partial charge on any atom is 0.155 e. The van der Waals surface area contributed by atoms with Crippen LogP contribution in [0.5, 0.6) is 0 Å². The summed E-state index contributed by atoms with van der Waals surface area (Å²) in [6.45, 7) is 0.935. The number of pyridine rings is 1. The normalized spacial score (nSPS) is 20.4. The molecule has 0 aliphatic carbocycles. The van der Waals surface area contributed by atoms with Gasteiger partial charge in [0.1, 0.15) is 5.69 Å². The summed E-state index contributed by atoms with van der Waals surface area (Å²) < 4.78 is 5.37. The first-order chi connectivity index (χ1) is 8.43. The highest BCUT2D eigenvalue weighted by molar-refractivity contribution is 5.53. The highest BCUT2D eigenvalue weighted by atomic mass is 16.5. The molecule has 0 amide bonds. The third-order valence-corrected chi connectivity index (χ3v) is 3.02. The Morgan fingerprint density at radius 3 is 2.94 bits per heavy atom. The minimum atomic E-state index is 0.189. The standard InChI is InChI=1S/C13H14N3O/c1-3-7-14-10(5-1)12-9-13(17-16-12)11-6-2-4-8-15-11/h1,3,5,7,9,11H,2,4,6,8H2. The molecule has 2 aromatic heterocycles. The molecule has 0 aromatic carbocycles. The van der Waals surface area contributed by atoms with E-state index in [4.69, 9.17) is 4.52 Å². The van der Waals surface area contributed by atoms with Crippen molar-refractivity contribution in [2.45, 2.75) is 25.3 Å². The molecule has 1 aliphatic rings. The molecule has 0 saturated carbocycles. The molecule has 4 heteroatoms. The van der Waals surface area contributed by atoms with Crippen molar-refractivity contribution in [3.8, 4) is 11.4 Å². The minimum absolute atomic E-state index is 0.189. The van der Waals surface area contributed by atoms with E-state index in [2.05, 4.69) is 15.5 Å². The van der Waals surface area contributed by atoms with Crippen LogP contribution in [0.25, 0.3) is 11.4 Å². The van der Waals surface area contributed by atoms with Crippen LogP contribution in [-0.2, 0) is 0 Å². The van der Waals surface area contributed by atoms with Gasteiger partial charge in [0.2, 0.25) is 0 Å². The van der Waals surface area contributed by atoms with Gasteiger partial charge in [0.15, 0.2) is 5.76 Å². The van der Waals surface area contributed by atoms with Crippen LogP contribution in [0, 0.1) is 0 Å². The Kier molecular flexibility index (Phi) is 2.88. The molecule has 1 unspecified atom stereocenters. The molecule has 0 N–H and O–H groups in total. The van der Waals surface area contributed by atoms with E-state index in [9.17, 15) is 0 Å². The lowest BCUT2D eigenvalue weighted by Crippen LogP contribution is -2.19. The number of nitrogens with zero attached hydrogens (tertiary/aromatic N) is 3. The number of hydrogen-bond donors (Lipinski definition) is 0. The summed E-state index contributed by atoms with van der Waals surface area (Å²) in [5, 5.41) is 8.62. The first-order valence-electron chi connectivity index (χ1n) is 5.98. The Hall–Kier alpha value is -1.68. The fourth-order valence-corrected chi connectivity index (χ4v) is 2.10. The first-order valence-corrected chi connectivity index (χ1v) is 5.98. The molecule has 1 atom stereocenters. The van der Waals surface area contributed by atoms with Crippen molar-refractivity contribution in [2.24, 2.45) is 0 Å². The van der Waals surface area contributed by atoms with E-state index in [1.807, 2.05) is 24.3 Å². The summed E-state index contributed by atoms with van der Waals surface area (Å²) in [7, 11) is 0. The van der Waals surface area contributed by atoms with Gasteiger partial charge in [-0.25, -0.2) is 5.32 Å². The lowest BCUT2D eigenvalue weighted by atomic mass is 10.0. The van der Waals surface area contributed by atoms with E-state index in [-0.39, 0.29) is 6.04 Å². The molecular weight excluding hydrogens is 214 g/mol. The molecule has 1 fully saturated rings. The number of rotatable bonds is 2. The van der Waals surface area contributed by atoms with Gasteiger partial charge in [-0.15, -0.1) is 0 Å². The van der Waals surface area contributed by atoms with E-state index in [0.717, 1.165) is 30.1 Å². The molecule has 4 nitrogen and oxygen atoms in total. The van der Waals surface area contributed by atoms with Crippen LogP contribution in [0.3, 0.4) is 0 Å². The van der Waals surface area contributed by atoms with Gasteiger partial charge in [0, 0.05) is 18.8 Å². The molecule has 3 rings (SSSR count). The Labute approximate surface area is 100 Å². The van der Waals surface area contributed by atoms with Gasteiger partial charge in [-0.1, -0.05) is 17.6 Å². The summed E-state index contributed by atoms with van der Waals surface area (Å²) in [5.74, 6) is 0.866. The Morgan fingerprint density at radius 1 is 1.18 bits per heavy atom. The van der Waals surface area contributed by atoms with Crippen LogP contribution in [0.15, 0.2) is 35.0 Å². The maximum atomic E-state index is 5.37. The topological polar surface area (TPSA) is 53.0 Å². The molecular formula is C13H14N3O. The predicted octanol–water partition coefficient (Wildman–Crippen LogP) is 2.57. The average Bonchev–Trinajstić information content (AvgIpc) is 2.90. The second-order valence-electron chi connectivity index (χ2n) is 4.25. The largest absolute Gasteiger partial charge is 0.359 e. The van der Waals surface area contributed by atoms with Crippen LogP contribution in [0.4, 0.5) is 0 Å². The highest BCUT2D eigenvalue weighted by Crippen LogP contribution is 2.27. The van der Waals surface area contributed by atoms with Crippen molar-refractivity contribution >= 4 is 0 Å². The molecule has 2 aromatic rings. The molecule has 3 heterocycles. The third kappa shape index (κ3) is 2.22. The lowest BCUT2D eigenvalue weighted by molar-refractivity contribution is 0.301. The number of piperidine rings is 1. The fraction of sp³-hybridized carbons (Fsp3) is 0.385.